The fourth-order valence-corrected chi connectivity index (χ4v) is 2.64. The Balaban J connectivity index is 1.64. The summed E-state index contributed by atoms with van der Waals surface area (Å²) < 4.78 is 11.3. The minimum Gasteiger partial charge on any atom is -0.490 e. The third-order valence-corrected chi connectivity index (χ3v) is 4.07. The topological polar surface area (TPSA) is 127 Å². The number of nitrogens with zero attached hydrogens (tertiary/aromatic N) is 1. The van der Waals surface area contributed by atoms with E-state index in [2.05, 4.69) is 4.98 Å². The minimum absolute atomic E-state index is 0.188. The van der Waals surface area contributed by atoms with Crippen LogP contribution in [0.5, 0.6) is 11.5 Å². The molecule has 0 saturated carbocycles. The van der Waals surface area contributed by atoms with Crippen LogP contribution in [0.3, 0.4) is 0 Å². The first-order valence-corrected chi connectivity index (χ1v) is 9.04. The van der Waals surface area contributed by atoms with Crippen molar-refractivity contribution in [1.82, 2.24) is 9.97 Å². The fourth-order valence-electron chi connectivity index (χ4n) is 2.64. The predicted molar refractivity (Wildman–Crippen MR) is 112 cm³/mol. The highest BCUT2D eigenvalue weighted by Crippen LogP contribution is 2.17. The van der Waals surface area contributed by atoms with Gasteiger partial charge in [-0.3, -0.25) is 19.9 Å². The van der Waals surface area contributed by atoms with E-state index in [1.165, 1.54) is 12.2 Å². The number of ether oxygens (including phenoxy) is 2. The lowest BCUT2D eigenvalue weighted by Gasteiger charge is -2.09. The molecular formula is C21H19N3O6. The van der Waals surface area contributed by atoms with E-state index < -0.39 is 21.9 Å². The van der Waals surface area contributed by atoms with Crippen LogP contribution in [0.25, 0.3) is 12.2 Å². The second kappa shape index (κ2) is 9.37. The smallest absolute Gasteiger partial charge is 0.357 e. The zero-order chi connectivity index (χ0) is 21.5. The Bertz CT molecular complexity index is 1180. The molecule has 9 nitrogen and oxygen atoms in total. The molecule has 2 aromatic carbocycles. The van der Waals surface area contributed by atoms with Gasteiger partial charge in [-0.2, -0.15) is 0 Å². The molecule has 3 rings (SSSR count). The lowest BCUT2D eigenvalue weighted by molar-refractivity contribution is -0.386. The molecule has 0 spiro atoms. The van der Waals surface area contributed by atoms with Crippen molar-refractivity contribution < 1.29 is 14.4 Å². The Hall–Kier alpha value is -4.14. The van der Waals surface area contributed by atoms with Gasteiger partial charge in [-0.1, -0.05) is 35.9 Å². The van der Waals surface area contributed by atoms with Gasteiger partial charge in [0.05, 0.1) is 4.92 Å². The number of aromatic amines is 2. The van der Waals surface area contributed by atoms with Gasteiger partial charge in [0, 0.05) is 0 Å². The van der Waals surface area contributed by atoms with Crippen molar-refractivity contribution in [3.8, 4) is 11.5 Å². The van der Waals surface area contributed by atoms with Gasteiger partial charge in [-0.05, 0) is 42.8 Å². The standard InChI is InChI=1S/C21H19N3O6/c1-14-5-8-16(9-6-14)29-11-12-30-17-4-2-3-15(13-17)7-10-18-19(24(27)28)20(25)23-21(26)22-18/h2-10,13H,11-12H2,1H3,(H2,22,23,25,26)/b10-7+. The van der Waals surface area contributed by atoms with Crippen molar-refractivity contribution in [2.75, 3.05) is 13.2 Å². The predicted octanol–water partition coefficient (Wildman–Crippen LogP) is 2.91. The maximum atomic E-state index is 11.7. The average Bonchev–Trinajstić information content (AvgIpc) is 2.70. The summed E-state index contributed by atoms with van der Waals surface area (Å²) in [5.74, 6) is 1.34. The first-order valence-electron chi connectivity index (χ1n) is 9.04. The zero-order valence-corrected chi connectivity index (χ0v) is 16.1. The third-order valence-electron chi connectivity index (χ3n) is 4.07. The highest BCUT2D eigenvalue weighted by molar-refractivity contribution is 5.72. The quantitative estimate of drug-likeness (QED) is 0.335. The molecule has 0 unspecified atom stereocenters. The van der Waals surface area contributed by atoms with E-state index in [4.69, 9.17) is 9.47 Å². The maximum Gasteiger partial charge on any atom is 0.357 e. The molecule has 0 aliphatic heterocycles. The SMILES string of the molecule is Cc1ccc(OCCOc2cccc(/C=C/c3[nH]c(=O)[nH]c(=O)c3[N+](=O)[O-])c2)cc1. The second-order valence-electron chi connectivity index (χ2n) is 6.34. The molecule has 0 aliphatic carbocycles. The van der Waals surface area contributed by atoms with Crippen molar-refractivity contribution in [2.24, 2.45) is 0 Å². The molecule has 0 aliphatic rings. The number of H-pyrrole nitrogens is 2. The Kier molecular flexibility index (Phi) is 6.43. The van der Waals surface area contributed by atoms with Crippen LogP contribution in [0.15, 0.2) is 58.1 Å². The van der Waals surface area contributed by atoms with Gasteiger partial charge in [-0.25, -0.2) is 4.79 Å². The normalized spacial score (nSPS) is 10.8. The molecule has 0 fully saturated rings. The number of nitro groups is 1. The average molecular weight is 409 g/mol. The summed E-state index contributed by atoms with van der Waals surface area (Å²) in [4.78, 5) is 37.4. The number of aryl methyl sites for hydroxylation is 1. The molecule has 0 atom stereocenters. The summed E-state index contributed by atoms with van der Waals surface area (Å²) in [5.41, 5.74) is -0.983. The lowest BCUT2D eigenvalue weighted by Crippen LogP contribution is -2.25. The summed E-state index contributed by atoms with van der Waals surface area (Å²) >= 11 is 0. The molecule has 0 radical (unpaired) electrons. The molecule has 3 aromatic rings. The zero-order valence-electron chi connectivity index (χ0n) is 16.1. The number of hydrogen-bond donors (Lipinski definition) is 2. The van der Waals surface area contributed by atoms with Crippen LogP contribution < -0.4 is 20.7 Å². The van der Waals surface area contributed by atoms with E-state index in [0.29, 0.717) is 24.5 Å². The summed E-state index contributed by atoms with van der Waals surface area (Å²) in [6, 6.07) is 14.7. The number of aromatic nitrogens is 2. The number of hydrogen-bond acceptors (Lipinski definition) is 6. The van der Waals surface area contributed by atoms with Crippen LogP contribution in [0, 0.1) is 17.0 Å². The molecule has 0 amide bonds. The highest BCUT2D eigenvalue weighted by Gasteiger charge is 2.18. The minimum atomic E-state index is -1.06. The lowest BCUT2D eigenvalue weighted by atomic mass is 10.2. The Morgan fingerprint density at radius 1 is 0.967 bits per heavy atom. The van der Waals surface area contributed by atoms with Gasteiger partial charge in [0.15, 0.2) is 0 Å². The first-order chi connectivity index (χ1) is 14.4. The van der Waals surface area contributed by atoms with Crippen molar-refractivity contribution in [1.29, 1.82) is 0 Å². The van der Waals surface area contributed by atoms with Gasteiger partial charge in [-0.15, -0.1) is 0 Å². The van der Waals surface area contributed by atoms with E-state index >= 15 is 0 Å². The number of rotatable bonds is 8. The van der Waals surface area contributed by atoms with Gasteiger partial charge in [0.25, 0.3) is 0 Å². The first kappa shape index (κ1) is 20.6. The molecule has 9 heteroatoms. The number of nitrogens with one attached hydrogen (secondary N) is 2. The number of benzene rings is 2. The molecule has 1 heterocycles. The maximum absolute atomic E-state index is 11.7. The van der Waals surface area contributed by atoms with Crippen molar-refractivity contribution in [2.45, 2.75) is 6.92 Å². The van der Waals surface area contributed by atoms with Gasteiger partial charge >= 0.3 is 16.9 Å². The summed E-state index contributed by atoms with van der Waals surface area (Å²) in [6.45, 7) is 2.69. The van der Waals surface area contributed by atoms with Crippen molar-refractivity contribution in [3.05, 3.63) is 96.3 Å². The van der Waals surface area contributed by atoms with Crippen LogP contribution >= 0.6 is 0 Å². The van der Waals surface area contributed by atoms with E-state index in [0.717, 1.165) is 11.3 Å². The van der Waals surface area contributed by atoms with Gasteiger partial charge in [0.1, 0.15) is 30.4 Å². The molecular weight excluding hydrogens is 390 g/mol. The second-order valence-corrected chi connectivity index (χ2v) is 6.34. The summed E-state index contributed by atoms with van der Waals surface area (Å²) in [6.07, 6.45) is 2.84. The van der Waals surface area contributed by atoms with Gasteiger partial charge < -0.3 is 14.5 Å². The van der Waals surface area contributed by atoms with E-state index in [1.807, 2.05) is 36.2 Å². The van der Waals surface area contributed by atoms with E-state index in [1.54, 1.807) is 24.3 Å². The highest BCUT2D eigenvalue weighted by atomic mass is 16.6. The monoisotopic (exact) mass is 409 g/mol. The van der Waals surface area contributed by atoms with Gasteiger partial charge in [0.2, 0.25) is 0 Å². The Labute approximate surface area is 170 Å². The van der Waals surface area contributed by atoms with Crippen LogP contribution in [0.1, 0.15) is 16.8 Å². The summed E-state index contributed by atoms with van der Waals surface area (Å²) in [7, 11) is 0. The fraction of sp³-hybridized carbons (Fsp3) is 0.143. The summed E-state index contributed by atoms with van der Waals surface area (Å²) in [5, 5.41) is 11.1. The molecule has 0 bridgehead atoms. The molecule has 154 valence electrons. The van der Waals surface area contributed by atoms with Crippen molar-refractivity contribution >= 4 is 17.8 Å². The molecule has 1 aromatic heterocycles. The van der Waals surface area contributed by atoms with E-state index in [9.17, 15) is 19.7 Å². The largest absolute Gasteiger partial charge is 0.490 e. The third kappa shape index (κ3) is 5.44. The molecule has 2 N–H and O–H groups in total. The van der Waals surface area contributed by atoms with Crippen LogP contribution in [-0.4, -0.2) is 28.1 Å². The van der Waals surface area contributed by atoms with Crippen LogP contribution in [0.4, 0.5) is 5.69 Å². The van der Waals surface area contributed by atoms with Crippen LogP contribution in [0.2, 0.25) is 0 Å². The Morgan fingerprint density at radius 2 is 1.67 bits per heavy atom. The Morgan fingerprint density at radius 3 is 2.37 bits per heavy atom. The van der Waals surface area contributed by atoms with E-state index in [-0.39, 0.29) is 5.69 Å². The molecule has 0 saturated heterocycles. The van der Waals surface area contributed by atoms with Crippen LogP contribution in [-0.2, 0) is 0 Å². The van der Waals surface area contributed by atoms with Crippen molar-refractivity contribution in [3.63, 3.8) is 0 Å². The molecule has 30 heavy (non-hydrogen) atoms.